The highest BCUT2D eigenvalue weighted by Crippen LogP contribution is 2.22. The van der Waals surface area contributed by atoms with Crippen molar-refractivity contribution in [3.63, 3.8) is 0 Å². The second-order valence-corrected chi connectivity index (χ2v) is 8.32. The molecule has 1 aliphatic heterocycles. The second kappa shape index (κ2) is 7.65. The number of rotatable bonds is 6. The van der Waals surface area contributed by atoms with Gasteiger partial charge in [0.25, 0.3) is 5.91 Å². The van der Waals surface area contributed by atoms with Gasteiger partial charge in [-0.3, -0.25) is 4.79 Å². The standard InChI is InChI=1S/C17H23N3O5S/c1-19-12-13(26(23,24)20-7-3-2-4-8-20)10-14(19)17(22)18-11-15(21)16-6-5-9-25-16/h5-6,9-10,12,15,21H,2-4,7-8,11H2,1H3,(H,18,22). The smallest absolute Gasteiger partial charge is 0.268 e. The molecule has 1 unspecified atom stereocenters. The Balaban J connectivity index is 1.70. The predicted molar refractivity (Wildman–Crippen MR) is 94.0 cm³/mol. The van der Waals surface area contributed by atoms with Gasteiger partial charge in [0.2, 0.25) is 10.0 Å². The number of nitrogens with zero attached hydrogens (tertiary/aromatic N) is 2. The van der Waals surface area contributed by atoms with Crippen LogP contribution in [0.1, 0.15) is 41.6 Å². The van der Waals surface area contributed by atoms with Gasteiger partial charge >= 0.3 is 0 Å². The van der Waals surface area contributed by atoms with Crippen LogP contribution >= 0.6 is 0 Å². The van der Waals surface area contributed by atoms with Crippen molar-refractivity contribution >= 4 is 15.9 Å². The molecule has 3 heterocycles. The van der Waals surface area contributed by atoms with Crippen molar-refractivity contribution in [2.75, 3.05) is 19.6 Å². The molecule has 3 rings (SSSR count). The summed E-state index contributed by atoms with van der Waals surface area (Å²) in [5.41, 5.74) is 0.215. The molecule has 2 aromatic rings. The van der Waals surface area contributed by atoms with Crippen LogP contribution in [0.5, 0.6) is 0 Å². The Bertz CT molecular complexity index is 851. The van der Waals surface area contributed by atoms with Gasteiger partial charge in [-0.25, -0.2) is 8.42 Å². The summed E-state index contributed by atoms with van der Waals surface area (Å²) in [5.74, 6) is -0.108. The van der Waals surface area contributed by atoms with Crippen molar-refractivity contribution in [2.45, 2.75) is 30.3 Å². The number of nitrogens with one attached hydrogen (secondary N) is 1. The Morgan fingerprint density at radius 1 is 1.35 bits per heavy atom. The maximum atomic E-state index is 12.7. The first-order valence-corrected chi connectivity index (χ1v) is 10.00. The summed E-state index contributed by atoms with van der Waals surface area (Å²) in [5, 5.41) is 12.6. The van der Waals surface area contributed by atoms with E-state index >= 15 is 0 Å². The average Bonchev–Trinajstić information content (AvgIpc) is 3.30. The quantitative estimate of drug-likeness (QED) is 0.784. The zero-order chi connectivity index (χ0) is 18.7. The maximum Gasteiger partial charge on any atom is 0.268 e. The number of hydrogen-bond donors (Lipinski definition) is 2. The Kier molecular flexibility index (Phi) is 5.49. The van der Waals surface area contributed by atoms with E-state index in [1.807, 2.05) is 0 Å². The van der Waals surface area contributed by atoms with E-state index < -0.39 is 22.0 Å². The monoisotopic (exact) mass is 381 g/mol. The number of aromatic nitrogens is 1. The number of piperidine rings is 1. The van der Waals surface area contributed by atoms with Crippen molar-refractivity contribution in [3.8, 4) is 0 Å². The van der Waals surface area contributed by atoms with E-state index in [1.165, 1.54) is 27.4 Å². The SMILES string of the molecule is Cn1cc(S(=O)(=O)N2CCCCC2)cc1C(=O)NCC(O)c1ccco1. The number of amides is 1. The molecule has 1 fully saturated rings. The molecule has 2 N–H and O–H groups in total. The van der Waals surface area contributed by atoms with Crippen molar-refractivity contribution in [2.24, 2.45) is 7.05 Å². The van der Waals surface area contributed by atoms with Crippen molar-refractivity contribution in [1.29, 1.82) is 0 Å². The highest BCUT2D eigenvalue weighted by atomic mass is 32.2. The molecule has 1 amide bonds. The molecular weight excluding hydrogens is 358 g/mol. The largest absolute Gasteiger partial charge is 0.467 e. The van der Waals surface area contributed by atoms with Crippen LogP contribution in [0.2, 0.25) is 0 Å². The highest BCUT2D eigenvalue weighted by molar-refractivity contribution is 7.89. The number of aliphatic hydroxyl groups excluding tert-OH is 1. The fourth-order valence-electron chi connectivity index (χ4n) is 3.02. The number of sulfonamides is 1. The number of furan rings is 1. The lowest BCUT2D eigenvalue weighted by Gasteiger charge is -2.25. The van der Waals surface area contributed by atoms with Gasteiger partial charge in [-0.2, -0.15) is 4.31 Å². The van der Waals surface area contributed by atoms with Gasteiger partial charge in [0.1, 0.15) is 22.5 Å². The van der Waals surface area contributed by atoms with Crippen molar-refractivity contribution in [1.82, 2.24) is 14.2 Å². The molecule has 0 bridgehead atoms. The average molecular weight is 381 g/mol. The minimum atomic E-state index is -3.60. The number of hydrogen-bond acceptors (Lipinski definition) is 5. The maximum absolute atomic E-state index is 12.7. The van der Waals surface area contributed by atoms with Crippen LogP contribution in [0, 0.1) is 0 Å². The van der Waals surface area contributed by atoms with Gasteiger partial charge in [-0.15, -0.1) is 0 Å². The van der Waals surface area contributed by atoms with E-state index in [-0.39, 0.29) is 17.1 Å². The van der Waals surface area contributed by atoms with Crippen molar-refractivity contribution in [3.05, 3.63) is 42.1 Å². The summed E-state index contributed by atoms with van der Waals surface area (Å²) >= 11 is 0. The molecular formula is C17H23N3O5S. The third-order valence-corrected chi connectivity index (χ3v) is 6.36. The van der Waals surface area contributed by atoms with Gasteiger partial charge < -0.3 is 19.4 Å². The zero-order valence-corrected chi connectivity index (χ0v) is 15.4. The van der Waals surface area contributed by atoms with Gasteiger partial charge in [0.15, 0.2) is 0 Å². The van der Waals surface area contributed by atoms with Gasteiger partial charge in [-0.1, -0.05) is 6.42 Å². The molecule has 0 aliphatic carbocycles. The Hall–Kier alpha value is -2.10. The minimum Gasteiger partial charge on any atom is -0.467 e. The third-order valence-electron chi connectivity index (χ3n) is 4.49. The van der Waals surface area contributed by atoms with Crippen LogP contribution in [0.3, 0.4) is 0 Å². The summed E-state index contributed by atoms with van der Waals surface area (Å²) in [7, 11) is -1.98. The van der Waals surface area contributed by atoms with Crippen LogP contribution in [0.4, 0.5) is 0 Å². The van der Waals surface area contributed by atoms with Crippen molar-refractivity contribution < 1.29 is 22.7 Å². The van der Waals surface area contributed by atoms with Crippen LogP contribution in [-0.4, -0.2) is 47.9 Å². The van der Waals surface area contributed by atoms with E-state index in [4.69, 9.17) is 4.42 Å². The third kappa shape index (κ3) is 3.84. The summed E-state index contributed by atoms with van der Waals surface area (Å²) < 4.78 is 33.5. The summed E-state index contributed by atoms with van der Waals surface area (Å²) in [4.78, 5) is 12.5. The molecule has 1 aliphatic rings. The van der Waals surface area contributed by atoms with Crippen LogP contribution < -0.4 is 5.32 Å². The number of aliphatic hydroxyl groups is 1. The molecule has 1 saturated heterocycles. The van der Waals surface area contributed by atoms with Gasteiger partial charge in [-0.05, 0) is 31.0 Å². The first kappa shape index (κ1) is 18.7. The predicted octanol–water partition coefficient (Wildman–Crippen LogP) is 1.26. The lowest BCUT2D eigenvalue weighted by atomic mass is 10.2. The van der Waals surface area contributed by atoms with Gasteiger partial charge in [0, 0.05) is 26.3 Å². The number of carbonyl (C=O) groups is 1. The fourth-order valence-corrected chi connectivity index (χ4v) is 4.61. The molecule has 142 valence electrons. The second-order valence-electron chi connectivity index (χ2n) is 6.38. The van der Waals surface area contributed by atoms with Crippen LogP contribution in [0.15, 0.2) is 40.0 Å². The summed E-state index contributed by atoms with van der Waals surface area (Å²) in [6.07, 6.45) is 4.66. The molecule has 2 aromatic heterocycles. The molecule has 1 atom stereocenters. The lowest BCUT2D eigenvalue weighted by molar-refractivity contribution is 0.0893. The van der Waals surface area contributed by atoms with Crippen LogP contribution in [-0.2, 0) is 17.1 Å². The lowest BCUT2D eigenvalue weighted by Crippen LogP contribution is -2.35. The first-order valence-electron chi connectivity index (χ1n) is 8.56. The number of carbonyl (C=O) groups excluding carboxylic acids is 1. The molecule has 8 nitrogen and oxygen atoms in total. The van der Waals surface area contributed by atoms with E-state index in [2.05, 4.69) is 5.32 Å². The molecule has 9 heteroatoms. The van der Waals surface area contributed by atoms with E-state index in [0.717, 1.165) is 19.3 Å². The van der Waals surface area contributed by atoms with Gasteiger partial charge in [0.05, 0.1) is 12.8 Å². The summed E-state index contributed by atoms with van der Waals surface area (Å²) in [6.45, 7) is 0.980. The molecule has 26 heavy (non-hydrogen) atoms. The minimum absolute atomic E-state index is 0.0360. The molecule has 0 aromatic carbocycles. The zero-order valence-electron chi connectivity index (χ0n) is 14.6. The molecule has 0 radical (unpaired) electrons. The Labute approximate surface area is 152 Å². The first-order chi connectivity index (χ1) is 12.4. The normalized spacial score (nSPS) is 17.2. The fraction of sp³-hybridized carbons (Fsp3) is 0.471. The summed E-state index contributed by atoms with van der Waals surface area (Å²) in [6, 6.07) is 4.64. The Morgan fingerprint density at radius 2 is 2.08 bits per heavy atom. The Morgan fingerprint density at radius 3 is 2.73 bits per heavy atom. The van der Waals surface area contributed by atoms with E-state index in [0.29, 0.717) is 18.8 Å². The highest BCUT2D eigenvalue weighted by Gasteiger charge is 2.28. The number of aryl methyl sites for hydroxylation is 1. The molecule has 0 saturated carbocycles. The molecule has 0 spiro atoms. The topological polar surface area (TPSA) is 105 Å². The van der Waals surface area contributed by atoms with E-state index in [1.54, 1.807) is 19.2 Å². The van der Waals surface area contributed by atoms with E-state index in [9.17, 15) is 18.3 Å². The van der Waals surface area contributed by atoms with Crippen LogP contribution in [0.25, 0.3) is 0 Å².